The van der Waals surface area contributed by atoms with E-state index in [9.17, 15) is 9.59 Å². The Morgan fingerprint density at radius 1 is 1.06 bits per heavy atom. The van der Waals surface area contributed by atoms with Gasteiger partial charge in [-0.2, -0.15) is 0 Å². The summed E-state index contributed by atoms with van der Waals surface area (Å²) in [7, 11) is -2.10. The number of nitrogens with zero attached hydrogens (tertiary/aromatic N) is 1. The molecule has 4 rings (SSSR count). The van der Waals surface area contributed by atoms with Gasteiger partial charge in [0.05, 0.1) is 5.54 Å². The van der Waals surface area contributed by atoms with Gasteiger partial charge in [-0.25, -0.2) is 4.79 Å². The van der Waals surface area contributed by atoms with Crippen LogP contribution in [-0.2, 0) is 15.1 Å². The fourth-order valence-corrected chi connectivity index (χ4v) is 8.18. The van der Waals surface area contributed by atoms with Crippen LogP contribution in [0.2, 0.25) is 13.1 Å². The van der Waals surface area contributed by atoms with Crippen LogP contribution in [0.25, 0.3) is 0 Å². The van der Waals surface area contributed by atoms with Crippen LogP contribution in [0, 0.1) is 11.8 Å². The molecule has 0 aromatic heterocycles. The molecule has 1 aliphatic carbocycles. The highest BCUT2D eigenvalue weighted by atomic mass is 28.3. The van der Waals surface area contributed by atoms with Crippen LogP contribution in [0.15, 0.2) is 84.6 Å². The third-order valence-electron chi connectivity index (χ3n) is 7.42. The fraction of sp³-hybridized carbons (Fsp3) is 0.379. The van der Waals surface area contributed by atoms with E-state index in [0.717, 1.165) is 10.8 Å². The molecule has 1 saturated heterocycles. The number of benzene rings is 2. The molecule has 5 heteroatoms. The van der Waals surface area contributed by atoms with Gasteiger partial charge in [-0.3, -0.25) is 9.69 Å². The third-order valence-corrected chi connectivity index (χ3v) is 11.2. The van der Waals surface area contributed by atoms with E-state index in [1.54, 1.807) is 6.08 Å². The van der Waals surface area contributed by atoms with Crippen molar-refractivity contribution in [3.8, 4) is 0 Å². The third kappa shape index (κ3) is 4.18. The van der Waals surface area contributed by atoms with E-state index >= 15 is 0 Å². The Morgan fingerprint density at radius 3 is 2.24 bits per heavy atom. The lowest BCUT2D eigenvalue weighted by molar-refractivity contribution is -0.117. The summed E-state index contributed by atoms with van der Waals surface area (Å²) in [6.07, 6.45) is 3.61. The topological polar surface area (TPSA) is 46.6 Å². The maximum atomic E-state index is 13.6. The first-order valence-electron chi connectivity index (χ1n) is 12.0. The Morgan fingerprint density at radius 2 is 1.65 bits per heavy atom. The number of rotatable bonds is 4. The van der Waals surface area contributed by atoms with Crippen molar-refractivity contribution in [1.82, 2.24) is 4.90 Å². The molecule has 1 fully saturated rings. The van der Waals surface area contributed by atoms with Crippen molar-refractivity contribution < 1.29 is 14.3 Å². The van der Waals surface area contributed by atoms with Gasteiger partial charge < -0.3 is 4.74 Å². The molecule has 0 N–H and O–H groups in total. The summed E-state index contributed by atoms with van der Waals surface area (Å²) in [5.74, 6) is -0.00835. The molecule has 0 bridgehead atoms. The number of hydrogen-bond acceptors (Lipinski definition) is 3. The second-order valence-electron chi connectivity index (χ2n) is 11.0. The van der Waals surface area contributed by atoms with Gasteiger partial charge in [-0.15, -0.1) is 6.58 Å². The lowest BCUT2D eigenvalue weighted by Gasteiger charge is -2.43. The normalized spacial score (nSPS) is 24.6. The van der Waals surface area contributed by atoms with E-state index in [-0.39, 0.29) is 23.7 Å². The number of carbonyl (C=O) groups is 2. The van der Waals surface area contributed by atoms with E-state index in [1.165, 1.54) is 5.19 Å². The molecule has 178 valence electrons. The molecule has 2 aromatic carbocycles. The quantitative estimate of drug-likeness (QED) is 0.543. The van der Waals surface area contributed by atoms with Crippen molar-refractivity contribution in [1.29, 1.82) is 0 Å². The number of allylic oxidation sites excluding steroid dienone is 1. The van der Waals surface area contributed by atoms with Gasteiger partial charge in [0.25, 0.3) is 0 Å². The zero-order valence-electron chi connectivity index (χ0n) is 20.9. The molecule has 0 radical (unpaired) electrons. The van der Waals surface area contributed by atoms with Crippen molar-refractivity contribution in [3.05, 3.63) is 90.2 Å². The number of hydrogen-bond donors (Lipinski definition) is 0. The summed E-state index contributed by atoms with van der Waals surface area (Å²) >= 11 is 0. The Balaban J connectivity index is 1.84. The minimum absolute atomic E-state index is 0.0107. The number of likely N-dealkylation sites (tertiary alicyclic amines) is 1. The van der Waals surface area contributed by atoms with Crippen molar-refractivity contribution in [3.63, 3.8) is 0 Å². The first-order valence-corrected chi connectivity index (χ1v) is 15.0. The smallest absolute Gasteiger partial charge is 0.411 e. The van der Waals surface area contributed by atoms with Crippen LogP contribution in [-0.4, -0.2) is 37.0 Å². The largest absolute Gasteiger partial charge is 0.444 e. The summed E-state index contributed by atoms with van der Waals surface area (Å²) in [4.78, 5) is 28.2. The predicted molar refractivity (Wildman–Crippen MR) is 140 cm³/mol. The zero-order valence-corrected chi connectivity index (χ0v) is 21.9. The van der Waals surface area contributed by atoms with Crippen LogP contribution in [0.1, 0.15) is 32.8 Å². The van der Waals surface area contributed by atoms with E-state index in [2.05, 4.69) is 56.1 Å². The predicted octanol–water partition coefficient (Wildman–Crippen LogP) is 5.61. The lowest BCUT2D eigenvalue weighted by Crippen LogP contribution is -2.50. The molecule has 0 saturated carbocycles. The summed E-state index contributed by atoms with van der Waals surface area (Å²) in [5.41, 5.74) is -0.359. The number of ether oxygens (including phenoxy) is 1. The maximum absolute atomic E-state index is 13.6. The molecule has 0 spiro atoms. The molecule has 1 amide bonds. The summed E-state index contributed by atoms with van der Waals surface area (Å²) < 4.78 is 5.89. The minimum Gasteiger partial charge on any atom is -0.444 e. The highest BCUT2D eigenvalue weighted by Crippen LogP contribution is 2.54. The molecule has 2 aromatic rings. The second kappa shape index (κ2) is 8.70. The highest BCUT2D eigenvalue weighted by Gasteiger charge is 2.59. The Bertz CT molecular complexity index is 1120. The van der Waals surface area contributed by atoms with Gasteiger partial charge in [0, 0.05) is 24.8 Å². The summed E-state index contributed by atoms with van der Waals surface area (Å²) in [6, 6.07) is 20.6. The van der Waals surface area contributed by atoms with E-state index in [1.807, 2.05) is 56.0 Å². The average Bonchev–Trinajstić information content (AvgIpc) is 3.14. The molecule has 0 unspecified atom stereocenters. The second-order valence-corrected chi connectivity index (χ2v) is 15.5. The first kappa shape index (κ1) is 24.2. The first-order chi connectivity index (χ1) is 16.0. The van der Waals surface area contributed by atoms with Gasteiger partial charge in [0.15, 0.2) is 5.78 Å². The lowest BCUT2D eigenvalue weighted by atomic mass is 9.69. The number of carbonyl (C=O) groups excluding carboxylic acids is 2. The SMILES string of the molecule is C=C([C@@H]1CN(C(=O)OC(C)(C)C)[C@]2(c3ccccc3)C=CC(=O)C[C@H]12)[Si](C)(C)c1ccccc1. The van der Waals surface area contributed by atoms with Crippen LogP contribution in [0.4, 0.5) is 4.79 Å². The number of ketones is 1. The van der Waals surface area contributed by atoms with Crippen LogP contribution < -0.4 is 5.19 Å². The van der Waals surface area contributed by atoms with Crippen molar-refractivity contribution in [2.45, 2.75) is 51.4 Å². The number of amides is 1. The average molecular weight is 474 g/mol. The van der Waals surface area contributed by atoms with Crippen LogP contribution >= 0.6 is 0 Å². The van der Waals surface area contributed by atoms with E-state index in [0.29, 0.717) is 13.0 Å². The van der Waals surface area contributed by atoms with Gasteiger partial charge in [0.1, 0.15) is 13.7 Å². The van der Waals surface area contributed by atoms with Crippen LogP contribution in [0.3, 0.4) is 0 Å². The Kier molecular flexibility index (Phi) is 6.19. The van der Waals surface area contributed by atoms with Crippen molar-refractivity contribution >= 4 is 25.1 Å². The van der Waals surface area contributed by atoms with Gasteiger partial charge in [0.2, 0.25) is 0 Å². The zero-order chi connectivity index (χ0) is 24.7. The van der Waals surface area contributed by atoms with Gasteiger partial charge in [-0.05, 0) is 32.4 Å². The van der Waals surface area contributed by atoms with Gasteiger partial charge in [-0.1, -0.05) is 90.2 Å². The summed E-state index contributed by atoms with van der Waals surface area (Å²) in [5, 5.41) is 2.47. The molecule has 3 atom stereocenters. The van der Waals surface area contributed by atoms with Crippen molar-refractivity contribution in [2.24, 2.45) is 11.8 Å². The molecular formula is C29H35NO3Si. The fourth-order valence-electron chi connectivity index (χ4n) is 5.57. The van der Waals surface area contributed by atoms with E-state index < -0.39 is 19.2 Å². The Hall–Kier alpha value is -2.92. The van der Waals surface area contributed by atoms with Gasteiger partial charge >= 0.3 is 6.09 Å². The minimum atomic E-state index is -2.10. The Labute approximate surface area is 204 Å². The maximum Gasteiger partial charge on any atom is 0.411 e. The molecule has 1 aliphatic heterocycles. The standard InChI is InChI=1S/C29H35NO3Si/c1-21(34(5,6)24-15-11-8-12-16-24)25-20-30(27(32)33-28(2,3)4)29(22-13-9-7-10-14-22)18-17-23(31)19-26(25)29/h7-18,25-26H,1,19-20H2,2-6H3/t25-,26+,29-/m0/s1. The monoisotopic (exact) mass is 473 g/mol. The molecule has 34 heavy (non-hydrogen) atoms. The summed E-state index contributed by atoms with van der Waals surface area (Å²) in [6.45, 7) is 15.4. The van der Waals surface area contributed by atoms with E-state index in [4.69, 9.17) is 4.74 Å². The molecule has 1 heterocycles. The molecular weight excluding hydrogens is 438 g/mol. The van der Waals surface area contributed by atoms with Crippen LogP contribution in [0.5, 0.6) is 0 Å². The van der Waals surface area contributed by atoms with Crippen molar-refractivity contribution in [2.75, 3.05) is 6.54 Å². The molecule has 2 aliphatic rings. The highest BCUT2D eigenvalue weighted by molar-refractivity contribution is 6.95. The molecule has 4 nitrogen and oxygen atoms in total. The number of fused-ring (bicyclic) bond motifs is 1.